The summed E-state index contributed by atoms with van der Waals surface area (Å²) < 4.78 is 25.9. The number of benzene rings is 1. The van der Waals surface area contributed by atoms with Gasteiger partial charge in [-0.2, -0.15) is 5.10 Å². The zero-order chi connectivity index (χ0) is 17.4. The van der Waals surface area contributed by atoms with Crippen molar-refractivity contribution in [2.45, 2.75) is 45.3 Å². The monoisotopic (exact) mass is 328 g/mol. The van der Waals surface area contributed by atoms with E-state index in [1.165, 1.54) is 6.08 Å². The van der Waals surface area contributed by atoms with Gasteiger partial charge in [0.1, 0.15) is 5.73 Å². The van der Waals surface area contributed by atoms with E-state index >= 15 is 0 Å². The molecule has 126 valence electrons. The minimum atomic E-state index is -0.956. The van der Waals surface area contributed by atoms with E-state index in [1.54, 1.807) is 6.20 Å². The molecule has 0 amide bonds. The van der Waals surface area contributed by atoms with Gasteiger partial charge < -0.3 is 9.31 Å². The number of halogens is 1. The van der Waals surface area contributed by atoms with Crippen molar-refractivity contribution in [3.05, 3.63) is 53.9 Å². The van der Waals surface area contributed by atoms with Crippen LogP contribution in [0.1, 0.15) is 33.3 Å². The molecule has 3 rings (SSSR count). The third kappa shape index (κ3) is 3.16. The van der Waals surface area contributed by atoms with Crippen molar-refractivity contribution in [3.8, 4) is 11.3 Å². The van der Waals surface area contributed by atoms with Crippen molar-refractivity contribution in [1.82, 2.24) is 10.2 Å². The molecule has 4 nitrogen and oxygen atoms in total. The molecule has 1 N–H and O–H groups in total. The van der Waals surface area contributed by atoms with E-state index in [0.717, 1.165) is 16.8 Å². The Bertz CT molecular complexity index is 724. The van der Waals surface area contributed by atoms with Crippen LogP contribution in [0.5, 0.6) is 0 Å². The van der Waals surface area contributed by atoms with Crippen LogP contribution in [0.2, 0.25) is 0 Å². The molecule has 0 unspecified atom stereocenters. The first kappa shape index (κ1) is 16.9. The summed E-state index contributed by atoms with van der Waals surface area (Å²) in [6.45, 7) is 7.63. The lowest BCUT2D eigenvalue weighted by Gasteiger charge is -2.32. The Hall–Kier alpha value is -1.92. The number of H-pyrrole nitrogens is 1. The van der Waals surface area contributed by atoms with Gasteiger partial charge in [-0.3, -0.25) is 5.10 Å². The quantitative estimate of drug-likeness (QED) is 0.860. The summed E-state index contributed by atoms with van der Waals surface area (Å²) in [6, 6.07) is 9.86. The third-order valence-electron chi connectivity index (χ3n) is 4.78. The highest BCUT2D eigenvalue weighted by atomic mass is 19.1. The molecular formula is C18H22BFN2O2. The van der Waals surface area contributed by atoms with Crippen molar-refractivity contribution < 1.29 is 13.7 Å². The van der Waals surface area contributed by atoms with Gasteiger partial charge in [-0.05, 0) is 39.7 Å². The number of aromatic nitrogens is 2. The Morgan fingerprint density at radius 2 is 1.79 bits per heavy atom. The molecule has 2 heterocycles. The Morgan fingerprint density at radius 3 is 2.42 bits per heavy atom. The van der Waals surface area contributed by atoms with Gasteiger partial charge >= 0.3 is 7.12 Å². The largest absolute Gasteiger partial charge is 0.524 e. The van der Waals surface area contributed by atoms with E-state index in [4.69, 9.17) is 9.31 Å². The van der Waals surface area contributed by atoms with Crippen molar-refractivity contribution in [3.63, 3.8) is 0 Å². The molecule has 0 spiro atoms. The smallest absolute Gasteiger partial charge is 0.398 e. The second-order valence-electron chi connectivity index (χ2n) is 7.02. The second-order valence-corrected chi connectivity index (χ2v) is 7.02. The summed E-state index contributed by atoms with van der Waals surface area (Å²) in [6.07, 6.45) is 3.63. The minimum Gasteiger partial charge on any atom is -0.398 e. The van der Waals surface area contributed by atoms with Gasteiger partial charge in [0, 0.05) is 5.56 Å². The maximum absolute atomic E-state index is 14.5. The molecule has 0 atom stereocenters. The molecule has 0 saturated carbocycles. The average molecular weight is 328 g/mol. The fraction of sp³-hybridized carbons (Fsp3) is 0.389. The first-order valence-corrected chi connectivity index (χ1v) is 8.09. The molecule has 6 heteroatoms. The van der Waals surface area contributed by atoms with Crippen LogP contribution in [0.4, 0.5) is 4.39 Å². The molecule has 2 aromatic rings. The van der Waals surface area contributed by atoms with E-state index in [-0.39, 0.29) is 0 Å². The molecule has 0 bridgehead atoms. The number of rotatable bonds is 4. The average Bonchev–Trinajstić information content (AvgIpc) is 3.08. The summed E-state index contributed by atoms with van der Waals surface area (Å²) >= 11 is 0. The highest BCUT2D eigenvalue weighted by Crippen LogP contribution is 2.38. The number of nitrogens with zero attached hydrogens (tertiary/aromatic N) is 1. The molecule has 0 aliphatic carbocycles. The Kier molecular flexibility index (Phi) is 4.36. The highest BCUT2D eigenvalue weighted by molar-refractivity contribution is 6.53. The molecule has 0 radical (unpaired) electrons. The van der Waals surface area contributed by atoms with Crippen LogP contribution >= 0.6 is 0 Å². The zero-order valence-electron chi connectivity index (χ0n) is 14.5. The second kappa shape index (κ2) is 6.18. The van der Waals surface area contributed by atoms with Crippen molar-refractivity contribution in [2.75, 3.05) is 0 Å². The summed E-state index contributed by atoms with van der Waals surface area (Å²) in [5.74, 6) is 0. The van der Waals surface area contributed by atoms with Gasteiger partial charge in [0.25, 0.3) is 0 Å². The Labute approximate surface area is 142 Å². The Morgan fingerprint density at radius 1 is 1.17 bits per heavy atom. The molecule has 1 aromatic carbocycles. The fourth-order valence-corrected chi connectivity index (χ4v) is 2.58. The van der Waals surface area contributed by atoms with Crippen LogP contribution in [0.15, 0.2) is 48.3 Å². The van der Waals surface area contributed by atoms with E-state index in [1.807, 2.05) is 58.0 Å². The first-order chi connectivity index (χ1) is 11.3. The van der Waals surface area contributed by atoms with Gasteiger partial charge in [0.2, 0.25) is 0 Å². The highest BCUT2D eigenvalue weighted by Gasteiger charge is 2.52. The van der Waals surface area contributed by atoms with E-state index in [2.05, 4.69) is 10.2 Å². The molecule has 1 aliphatic heterocycles. The predicted octanol–water partition coefficient (Wildman–Crippen LogP) is 4.10. The van der Waals surface area contributed by atoms with Crippen LogP contribution in [0.3, 0.4) is 0 Å². The lowest BCUT2D eigenvalue weighted by molar-refractivity contribution is 0.00578. The minimum absolute atomic E-state index is 0.408. The van der Waals surface area contributed by atoms with E-state index < -0.39 is 24.0 Å². The topological polar surface area (TPSA) is 47.1 Å². The lowest BCUT2D eigenvalue weighted by atomic mass is 9.87. The summed E-state index contributed by atoms with van der Waals surface area (Å²) in [7, 11) is -0.956. The van der Waals surface area contributed by atoms with E-state index in [9.17, 15) is 4.39 Å². The van der Waals surface area contributed by atoms with Gasteiger partial charge in [0.05, 0.1) is 23.1 Å². The number of allylic oxidation sites excluding steroid dienone is 1. The zero-order valence-corrected chi connectivity index (χ0v) is 14.5. The number of nitrogens with one attached hydrogen (secondary N) is 1. The van der Waals surface area contributed by atoms with Crippen LogP contribution in [-0.2, 0) is 15.7 Å². The van der Waals surface area contributed by atoms with E-state index in [0.29, 0.717) is 6.42 Å². The SMILES string of the molecule is CC1(C)OB(C(F)=CCc2cn[nH]c2-c2ccccc2)OC1(C)C. The molecule has 1 aliphatic rings. The maximum atomic E-state index is 14.5. The van der Waals surface area contributed by atoms with Crippen LogP contribution in [0, 0.1) is 0 Å². The number of aromatic amines is 1. The summed E-state index contributed by atoms with van der Waals surface area (Å²) in [4.78, 5) is 0. The van der Waals surface area contributed by atoms with Crippen molar-refractivity contribution >= 4 is 7.12 Å². The van der Waals surface area contributed by atoms with Gasteiger partial charge in [0.15, 0.2) is 0 Å². The first-order valence-electron chi connectivity index (χ1n) is 8.09. The van der Waals surface area contributed by atoms with Crippen LogP contribution in [-0.4, -0.2) is 28.5 Å². The van der Waals surface area contributed by atoms with Gasteiger partial charge in [-0.25, -0.2) is 4.39 Å². The van der Waals surface area contributed by atoms with Crippen molar-refractivity contribution in [1.29, 1.82) is 0 Å². The normalized spacial score (nSPS) is 19.7. The molecule has 1 saturated heterocycles. The molecule has 24 heavy (non-hydrogen) atoms. The van der Waals surface area contributed by atoms with Crippen LogP contribution in [0.25, 0.3) is 11.3 Å². The van der Waals surface area contributed by atoms with Crippen molar-refractivity contribution in [2.24, 2.45) is 0 Å². The lowest BCUT2D eigenvalue weighted by Crippen LogP contribution is -2.41. The predicted molar refractivity (Wildman–Crippen MR) is 93.0 cm³/mol. The summed E-state index contributed by atoms with van der Waals surface area (Å²) in [5.41, 5.74) is 1.34. The third-order valence-corrected chi connectivity index (χ3v) is 4.78. The summed E-state index contributed by atoms with van der Waals surface area (Å²) in [5, 5.41) is 7.06. The molecule has 1 aromatic heterocycles. The fourth-order valence-electron chi connectivity index (χ4n) is 2.58. The van der Waals surface area contributed by atoms with Gasteiger partial charge in [-0.15, -0.1) is 0 Å². The molecular weight excluding hydrogens is 306 g/mol. The maximum Gasteiger partial charge on any atom is 0.524 e. The van der Waals surface area contributed by atoms with Gasteiger partial charge in [-0.1, -0.05) is 36.4 Å². The standard InChI is InChI=1S/C18H22BFN2O2/c1-17(2)18(3,4)24-19(23-17)15(20)11-10-14-12-21-22-16(14)13-8-6-5-7-9-13/h5-9,11-12H,10H2,1-4H3,(H,21,22). The Balaban J connectivity index is 1.75. The van der Waals surface area contributed by atoms with Crippen LogP contribution < -0.4 is 0 Å². The number of hydrogen-bond donors (Lipinski definition) is 1. The number of hydrogen-bond acceptors (Lipinski definition) is 3. The molecule has 1 fully saturated rings.